The standard InChI is InChI=1S/C20H19Cl2NO3/c1-3-26-13-5-6-15-16(11-13)20(25)23(2)19(15)14(8-9-24)12-4-7-17(21)18(22)10-12/h4-7,9-11,14,19H,3,8H2,1-2H3. The van der Waals surface area contributed by atoms with E-state index in [4.69, 9.17) is 27.9 Å². The zero-order chi connectivity index (χ0) is 18.8. The van der Waals surface area contributed by atoms with E-state index in [0.29, 0.717) is 28.0 Å². The van der Waals surface area contributed by atoms with Crippen LogP contribution in [0.2, 0.25) is 10.0 Å². The monoisotopic (exact) mass is 391 g/mol. The number of likely N-dealkylation sites (N-methyl/N-ethyl adjacent to an activating group) is 1. The minimum atomic E-state index is -0.254. The fourth-order valence-electron chi connectivity index (χ4n) is 3.54. The number of amides is 1. The molecule has 0 saturated heterocycles. The molecule has 0 radical (unpaired) electrons. The molecule has 2 atom stereocenters. The van der Waals surface area contributed by atoms with Crippen molar-refractivity contribution in [3.8, 4) is 5.75 Å². The van der Waals surface area contributed by atoms with Crippen LogP contribution in [0.1, 0.15) is 46.8 Å². The van der Waals surface area contributed by atoms with Crippen LogP contribution in [0.15, 0.2) is 36.4 Å². The molecule has 0 fully saturated rings. The molecule has 136 valence electrons. The Balaban J connectivity index is 2.06. The molecular weight excluding hydrogens is 373 g/mol. The van der Waals surface area contributed by atoms with Gasteiger partial charge in [-0.3, -0.25) is 4.79 Å². The van der Waals surface area contributed by atoms with Crippen LogP contribution in [-0.4, -0.2) is 30.7 Å². The summed E-state index contributed by atoms with van der Waals surface area (Å²) < 4.78 is 5.51. The maximum atomic E-state index is 12.8. The molecule has 4 nitrogen and oxygen atoms in total. The first-order chi connectivity index (χ1) is 12.5. The summed E-state index contributed by atoms with van der Waals surface area (Å²) in [6.07, 6.45) is 1.14. The quantitative estimate of drug-likeness (QED) is 0.658. The lowest BCUT2D eigenvalue weighted by Gasteiger charge is -2.29. The van der Waals surface area contributed by atoms with Crippen LogP contribution in [0.25, 0.3) is 0 Å². The predicted molar refractivity (Wildman–Crippen MR) is 102 cm³/mol. The number of hydrogen-bond donors (Lipinski definition) is 0. The largest absolute Gasteiger partial charge is 0.494 e. The molecule has 6 heteroatoms. The molecule has 0 aliphatic carbocycles. The zero-order valence-electron chi connectivity index (χ0n) is 14.5. The minimum Gasteiger partial charge on any atom is -0.494 e. The molecule has 3 rings (SSSR count). The van der Waals surface area contributed by atoms with Crippen molar-refractivity contribution in [3.05, 3.63) is 63.1 Å². The van der Waals surface area contributed by atoms with E-state index in [1.54, 1.807) is 30.1 Å². The average molecular weight is 392 g/mol. The SMILES string of the molecule is CCOc1ccc2c(c1)C(=O)N(C)C2C(CC=O)c1ccc(Cl)c(Cl)c1. The van der Waals surface area contributed by atoms with Gasteiger partial charge in [-0.05, 0) is 42.3 Å². The lowest BCUT2D eigenvalue weighted by molar-refractivity contribution is -0.108. The molecular formula is C20H19Cl2NO3. The summed E-state index contributed by atoms with van der Waals surface area (Å²) in [4.78, 5) is 25.8. The number of hydrogen-bond acceptors (Lipinski definition) is 3. The first-order valence-corrected chi connectivity index (χ1v) is 9.16. The van der Waals surface area contributed by atoms with Crippen LogP contribution in [0.5, 0.6) is 5.75 Å². The highest BCUT2D eigenvalue weighted by molar-refractivity contribution is 6.42. The summed E-state index contributed by atoms with van der Waals surface area (Å²) in [5.41, 5.74) is 2.37. The first kappa shape index (κ1) is 18.7. The number of aldehydes is 1. The van der Waals surface area contributed by atoms with Gasteiger partial charge < -0.3 is 14.4 Å². The number of halogens is 2. The fourth-order valence-corrected chi connectivity index (χ4v) is 3.85. The second kappa shape index (κ2) is 7.68. The number of nitrogens with zero attached hydrogens (tertiary/aromatic N) is 1. The lowest BCUT2D eigenvalue weighted by atomic mass is 9.85. The minimum absolute atomic E-state index is 0.0810. The molecule has 1 heterocycles. The summed E-state index contributed by atoms with van der Waals surface area (Å²) in [5, 5.41) is 0.886. The van der Waals surface area contributed by atoms with Gasteiger partial charge >= 0.3 is 0 Å². The maximum absolute atomic E-state index is 12.8. The number of rotatable bonds is 6. The van der Waals surface area contributed by atoms with Gasteiger partial charge in [-0.15, -0.1) is 0 Å². The smallest absolute Gasteiger partial charge is 0.254 e. The molecule has 1 amide bonds. The van der Waals surface area contributed by atoms with Gasteiger partial charge in [0.25, 0.3) is 5.91 Å². The van der Waals surface area contributed by atoms with E-state index in [-0.39, 0.29) is 24.3 Å². The Labute approximate surface area is 162 Å². The number of carbonyl (C=O) groups is 2. The van der Waals surface area contributed by atoms with Gasteiger partial charge in [-0.1, -0.05) is 35.3 Å². The Kier molecular flexibility index (Phi) is 5.54. The van der Waals surface area contributed by atoms with Crippen LogP contribution in [0.3, 0.4) is 0 Å². The lowest BCUT2D eigenvalue weighted by Crippen LogP contribution is -2.28. The van der Waals surface area contributed by atoms with E-state index in [1.807, 2.05) is 25.1 Å². The third-order valence-corrected chi connectivity index (χ3v) is 5.46. The maximum Gasteiger partial charge on any atom is 0.254 e. The van der Waals surface area contributed by atoms with Crippen LogP contribution in [0, 0.1) is 0 Å². The van der Waals surface area contributed by atoms with Crippen LogP contribution in [0.4, 0.5) is 0 Å². The Bertz CT molecular complexity index is 853. The zero-order valence-corrected chi connectivity index (χ0v) is 16.1. The highest BCUT2D eigenvalue weighted by Gasteiger charge is 2.39. The van der Waals surface area contributed by atoms with Crippen molar-refractivity contribution >= 4 is 35.4 Å². The van der Waals surface area contributed by atoms with Crippen molar-refractivity contribution in [2.45, 2.75) is 25.3 Å². The van der Waals surface area contributed by atoms with Crippen molar-refractivity contribution in [2.75, 3.05) is 13.7 Å². The molecule has 0 bridgehead atoms. The first-order valence-electron chi connectivity index (χ1n) is 8.40. The summed E-state index contributed by atoms with van der Waals surface area (Å²) >= 11 is 12.2. The van der Waals surface area contributed by atoms with E-state index in [0.717, 1.165) is 17.4 Å². The predicted octanol–water partition coefficient (Wildman–Crippen LogP) is 4.89. The Hall–Kier alpha value is -2.04. The summed E-state index contributed by atoms with van der Waals surface area (Å²) in [6.45, 7) is 2.43. The highest BCUT2D eigenvalue weighted by atomic mass is 35.5. The second-order valence-corrected chi connectivity index (χ2v) is 7.04. The average Bonchev–Trinajstić information content (AvgIpc) is 2.87. The highest BCUT2D eigenvalue weighted by Crippen LogP contribution is 2.45. The molecule has 0 N–H and O–H groups in total. The molecule has 2 unspecified atom stereocenters. The molecule has 0 saturated carbocycles. The molecule has 1 aliphatic rings. The fraction of sp³-hybridized carbons (Fsp3) is 0.300. The second-order valence-electron chi connectivity index (χ2n) is 6.23. The van der Waals surface area contributed by atoms with Crippen LogP contribution >= 0.6 is 23.2 Å². The van der Waals surface area contributed by atoms with E-state index >= 15 is 0 Å². The third-order valence-electron chi connectivity index (χ3n) is 4.73. The van der Waals surface area contributed by atoms with E-state index in [1.165, 1.54) is 0 Å². The number of carbonyl (C=O) groups excluding carboxylic acids is 2. The molecule has 0 spiro atoms. The molecule has 0 aromatic heterocycles. The van der Waals surface area contributed by atoms with Crippen LogP contribution in [-0.2, 0) is 4.79 Å². The summed E-state index contributed by atoms with van der Waals surface area (Å²) in [7, 11) is 1.75. The van der Waals surface area contributed by atoms with Crippen molar-refractivity contribution < 1.29 is 14.3 Å². The van der Waals surface area contributed by atoms with E-state index < -0.39 is 0 Å². The van der Waals surface area contributed by atoms with Gasteiger partial charge in [0.2, 0.25) is 0 Å². The van der Waals surface area contributed by atoms with Gasteiger partial charge in [0.05, 0.1) is 22.7 Å². The topological polar surface area (TPSA) is 46.6 Å². The Morgan fingerprint density at radius 2 is 1.96 bits per heavy atom. The van der Waals surface area contributed by atoms with Crippen molar-refractivity contribution in [1.29, 1.82) is 0 Å². The molecule has 2 aromatic carbocycles. The summed E-state index contributed by atoms with van der Waals surface area (Å²) in [6, 6.07) is 10.6. The van der Waals surface area contributed by atoms with Crippen LogP contribution < -0.4 is 4.74 Å². The van der Waals surface area contributed by atoms with Crippen molar-refractivity contribution in [3.63, 3.8) is 0 Å². The Morgan fingerprint density at radius 3 is 2.62 bits per heavy atom. The van der Waals surface area contributed by atoms with Crippen molar-refractivity contribution in [1.82, 2.24) is 4.90 Å². The normalized spacial score (nSPS) is 17.2. The summed E-state index contributed by atoms with van der Waals surface area (Å²) in [5.74, 6) is 0.369. The molecule has 2 aromatic rings. The number of benzene rings is 2. The third kappa shape index (κ3) is 3.31. The molecule has 26 heavy (non-hydrogen) atoms. The van der Waals surface area contributed by atoms with Gasteiger partial charge in [0.15, 0.2) is 0 Å². The van der Waals surface area contributed by atoms with Gasteiger partial charge in [-0.25, -0.2) is 0 Å². The number of ether oxygens (including phenoxy) is 1. The van der Waals surface area contributed by atoms with Gasteiger partial charge in [0.1, 0.15) is 12.0 Å². The van der Waals surface area contributed by atoms with Gasteiger partial charge in [0, 0.05) is 24.9 Å². The van der Waals surface area contributed by atoms with Gasteiger partial charge in [-0.2, -0.15) is 0 Å². The van der Waals surface area contributed by atoms with Crippen molar-refractivity contribution in [2.24, 2.45) is 0 Å². The van der Waals surface area contributed by atoms with E-state index in [2.05, 4.69) is 0 Å². The van der Waals surface area contributed by atoms with E-state index in [9.17, 15) is 9.59 Å². The number of fused-ring (bicyclic) bond motifs is 1. The molecule has 1 aliphatic heterocycles. The Morgan fingerprint density at radius 1 is 1.19 bits per heavy atom.